The van der Waals surface area contributed by atoms with Crippen LogP contribution in [0.15, 0.2) is 84.9 Å². The fourth-order valence-corrected chi connectivity index (χ4v) is 2.89. The van der Waals surface area contributed by atoms with E-state index >= 15 is 0 Å². The van der Waals surface area contributed by atoms with Crippen molar-refractivity contribution in [3.8, 4) is 0 Å². The van der Waals surface area contributed by atoms with E-state index in [1.54, 1.807) is 0 Å². The summed E-state index contributed by atoms with van der Waals surface area (Å²) in [7, 11) is 0. The highest BCUT2D eigenvalue weighted by atomic mass is 14.0. The monoisotopic (exact) mass is 280 g/mol. The zero-order chi connectivity index (χ0) is 14.8. The normalized spacial score (nSPS) is 11.5. The average molecular weight is 280 g/mol. The van der Waals surface area contributed by atoms with Crippen molar-refractivity contribution in [1.82, 2.24) is 0 Å². The third-order valence-corrected chi connectivity index (χ3v) is 4.04. The third-order valence-electron chi connectivity index (χ3n) is 4.04. The first kappa shape index (κ1) is 12.8. The van der Waals surface area contributed by atoms with Crippen molar-refractivity contribution in [2.75, 3.05) is 0 Å². The van der Waals surface area contributed by atoms with Crippen LogP contribution in [0.4, 0.5) is 0 Å². The minimum Gasteiger partial charge on any atom is -0.0622 e. The van der Waals surface area contributed by atoms with Gasteiger partial charge in [0.25, 0.3) is 0 Å². The van der Waals surface area contributed by atoms with E-state index in [2.05, 4.69) is 91.0 Å². The van der Waals surface area contributed by atoms with Crippen LogP contribution in [-0.4, -0.2) is 0 Å². The molecule has 0 aliphatic carbocycles. The quantitative estimate of drug-likeness (QED) is 0.304. The summed E-state index contributed by atoms with van der Waals surface area (Å²) in [4.78, 5) is 0. The molecule has 104 valence electrons. The summed E-state index contributed by atoms with van der Waals surface area (Å²) < 4.78 is 0. The Morgan fingerprint density at radius 3 is 2.05 bits per heavy atom. The van der Waals surface area contributed by atoms with E-state index in [1.807, 2.05) is 6.07 Å². The molecule has 0 radical (unpaired) electrons. The summed E-state index contributed by atoms with van der Waals surface area (Å²) in [5.41, 5.74) is 2.45. The zero-order valence-electron chi connectivity index (χ0n) is 12.2. The first-order valence-corrected chi connectivity index (χ1v) is 7.55. The van der Waals surface area contributed by atoms with Gasteiger partial charge in [-0.2, -0.15) is 0 Å². The number of hydrogen-bond donors (Lipinski definition) is 0. The maximum absolute atomic E-state index is 2.25. The lowest BCUT2D eigenvalue weighted by atomic mass is 10.00. The Hall–Kier alpha value is -2.86. The average Bonchev–Trinajstić information content (AvgIpc) is 2.60. The molecular weight excluding hydrogens is 264 g/mol. The predicted molar refractivity (Wildman–Crippen MR) is 96.8 cm³/mol. The number of benzene rings is 4. The Kier molecular flexibility index (Phi) is 3.21. The molecule has 0 nitrogen and oxygen atoms in total. The fraction of sp³-hybridized carbons (Fsp3) is 0. The van der Waals surface area contributed by atoms with Crippen molar-refractivity contribution in [3.63, 3.8) is 0 Å². The maximum atomic E-state index is 2.25. The van der Waals surface area contributed by atoms with E-state index in [4.69, 9.17) is 0 Å². The molecule has 0 unspecified atom stereocenters. The molecule has 0 bridgehead atoms. The highest BCUT2D eigenvalue weighted by Crippen LogP contribution is 2.26. The van der Waals surface area contributed by atoms with Gasteiger partial charge in [-0.1, -0.05) is 91.0 Å². The second-order valence-corrected chi connectivity index (χ2v) is 5.51. The van der Waals surface area contributed by atoms with Crippen LogP contribution in [0.25, 0.3) is 33.7 Å². The lowest BCUT2D eigenvalue weighted by Gasteiger charge is -2.05. The van der Waals surface area contributed by atoms with Gasteiger partial charge in [0, 0.05) is 0 Å². The molecule has 4 rings (SSSR count). The summed E-state index contributed by atoms with van der Waals surface area (Å²) in [6.45, 7) is 0. The van der Waals surface area contributed by atoms with Crippen molar-refractivity contribution in [3.05, 3.63) is 96.1 Å². The molecule has 0 amide bonds. The summed E-state index contributed by atoms with van der Waals surface area (Å²) >= 11 is 0. The first-order chi connectivity index (χ1) is 10.9. The standard InChI is InChI=1S/C22H16/c1-2-6-17(7-3-1)10-11-18-12-15-22-20(16-18)14-13-19-8-4-5-9-21(19)22/h1-16H. The van der Waals surface area contributed by atoms with Crippen LogP contribution in [0.2, 0.25) is 0 Å². The Labute approximate surface area is 130 Å². The number of hydrogen-bond acceptors (Lipinski definition) is 0. The van der Waals surface area contributed by atoms with Crippen molar-refractivity contribution in [1.29, 1.82) is 0 Å². The van der Waals surface area contributed by atoms with E-state index in [0.717, 1.165) is 0 Å². The van der Waals surface area contributed by atoms with E-state index in [9.17, 15) is 0 Å². The fourth-order valence-electron chi connectivity index (χ4n) is 2.89. The second kappa shape index (κ2) is 5.50. The summed E-state index contributed by atoms with van der Waals surface area (Å²) in [6.07, 6.45) is 4.33. The molecule has 0 fully saturated rings. The molecule has 0 heterocycles. The van der Waals surface area contributed by atoms with Crippen molar-refractivity contribution in [2.45, 2.75) is 0 Å². The predicted octanol–water partition coefficient (Wildman–Crippen LogP) is 6.16. The highest BCUT2D eigenvalue weighted by Gasteiger charge is 2.00. The van der Waals surface area contributed by atoms with Crippen LogP contribution in [0.1, 0.15) is 11.1 Å². The Balaban J connectivity index is 1.78. The van der Waals surface area contributed by atoms with Crippen LogP contribution in [-0.2, 0) is 0 Å². The van der Waals surface area contributed by atoms with Gasteiger partial charge in [-0.15, -0.1) is 0 Å². The second-order valence-electron chi connectivity index (χ2n) is 5.51. The molecule has 0 aromatic heterocycles. The third kappa shape index (κ3) is 2.40. The molecule has 0 aliphatic rings. The maximum Gasteiger partial charge on any atom is -0.0105 e. The Bertz CT molecular complexity index is 963. The zero-order valence-corrected chi connectivity index (χ0v) is 12.2. The van der Waals surface area contributed by atoms with Gasteiger partial charge >= 0.3 is 0 Å². The highest BCUT2D eigenvalue weighted by molar-refractivity contribution is 6.07. The molecule has 0 atom stereocenters. The molecule has 0 saturated carbocycles. The Morgan fingerprint density at radius 1 is 0.455 bits per heavy atom. The SMILES string of the molecule is C(=Cc1ccc2c(ccc3ccccc32)c1)c1ccccc1. The molecule has 4 aromatic rings. The minimum absolute atomic E-state index is 1.22. The van der Waals surface area contributed by atoms with Crippen molar-refractivity contribution >= 4 is 33.7 Å². The summed E-state index contributed by atoms with van der Waals surface area (Å²) in [5.74, 6) is 0. The molecule has 0 heteroatoms. The topological polar surface area (TPSA) is 0 Å². The lowest BCUT2D eigenvalue weighted by Crippen LogP contribution is -1.79. The van der Waals surface area contributed by atoms with Gasteiger partial charge in [-0.3, -0.25) is 0 Å². The van der Waals surface area contributed by atoms with Gasteiger partial charge in [-0.25, -0.2) is 0 Å². The molecule has 0 N–H and O–H groups in total. The van der Waals surface area contributed by atoms with Gasteiger partial charge in [0.05, 0.1) is 0 Å². The van der Waals surface area contributed by atoms with E-state index in [0.29, 0.717) is 0 Å². The lowest BCUT2D eigenvalue weighted by molar-refractivity contribution is 1.66. The molecule has 22 heavy (non-hydrogen) atoms. The van der Waals surface area contributed by atoms with Crippen LogP contribution in [0, 0.1) is 0 Å². The van der Waals surface area contributed by atoms with Gasteiger partial charge in [-0.05, 0) is 38.7 Å². The molecule has 4 aromatic carbocycles. The van der Waals surface area contributed by atoms with Crippen LogP contribution in [0.5, 0.6) is 0 Å². The minimum atomic E-state index is 1.22. The van der Waals surface area contributed by atoms with E-state index in [-0.39, 0.29) is 0 Å². The first-order valence-electron chi connectivity index (χ1n) is 7.55. The van der Waals surface area contributed by atoms with Gasteiger partial charge in [0.1, 0.15) is 0 Å². The smallest absolute Gasteiger partial charge is 0.0105 e. The largest absolute Gasteiger partial charge is 0.0622 e. The molecular formula is C22H16. The summed E-state index contributed by atoms with van der Waals surface area (Å²) in [5, 5.41) is 5.21. The van der Waals surface area contributed by atoms with E-state index < -0.39 is 0 Å². The molecule has 0 spiro atoms. The number of fused-ring (bicyclic) bond motifs is 3. The van der Waals surface area contributed by atoms with Gasteiger partial charge in [0.15, 0.2) is 0 Å². The molecule has 0 saturated heterocycles. The van der Waals surface area contributed by atoms with Crippen LogP contribution in [0.3, 0.4) is 0 Å². The van der Waals surface area contributed by atoms with E-state index in [1.165, 1.54) is 32.7 Å². The van der Waals surface area contributed by atoms with Crippen molar-refractivity contribution in [2.24, 2.45) is 0 Å². The van der Waals surface area contributed by atoms with Crippen molar-refractivity contribution < 1.29 is 0 Å². The van der Waals surface area contributed by atoms with Gasteiger partial charge in [0.2, 0.25) is 0 Å². The molecule has 0 aliphatic heterocycles. The number of rotatable bonds is 2. The van der Waals surface area contributed by atoms with Gasteiger partial charge < -0.3 is 0 Å². The van der Waals surface area contributed by atoms with Crippen LogP contribution >= 0.6 is 0 Å². The van der Waals surface area contributed by atoms with Crippen LogP contribution < -0.4 is 0 Å². The summed E-state index contributed by atoms with van der Waals surface area (Å²) in [6, 6.07) is 30.0. The Morgan fingerprint density at radius 2 is 1.14 bits per heavy atom.